The summed E-state index contributed by atoms with van der Waals surface area (Å²) >= 11 is 17.9. The maximum atomic E-state index is 12.3. The number of likely N-dealkylation sites (tertiary alicyclic amines) is 1. The van der Waals surface area contributed by atoms with E-state index in [1.165, 1.54) is 24.3 Å². The van der Waals surface area contributed by atoms with E-state index in [9.17, 15) is 14.9 Å². The topological polar surface area (TPSA) is 75.5 Å². The lowest BCUT2D eigenvalue weighted by Gasteiger charge is -2.33. The van der Waals surface area contributed by atoms with Crippen molar-refractivity contribution in [3.8, 4) is 0 Å². The van der Waals surface area contributed by atoms with Gasteiger partial charge in [0.1, 0.15) is 6.17 Å². The number of benzene rings is 1. The Kier molecular flexibility index (Phi) is 5.50. The zero-order valence-electron chi connectivity index (χ0n) is 11.5. The Hall–Kier alpha value is -1.08. The third-order valence-corrected chi connectivity index (χ3v) is 4.02. The molecule has 1 heterocycles. The van der Waals surface area contributed by atoms with Crippen LogP contribution < -0.4 is 5.32 Å². The molecule has 1 atom stereocenters. The van der Waals surface area contributed by atoms with Crippen LogP contribution in [0.3, 0.4) is 0 Å². The smallest absolute Gasteiger partial charge is 0.270 e. The molecule has 0 radical (unpaired) electrons. The molecule has 0 bridgehead atoms. The lowest BCUT2D eigenvalue weighted by molar-refractivity contribution is -0.384. The third kappa shape index (κ3) is 4.23. The van der Waals surface area contributed by atoms with Gasteiger partial charge in [-0.1, -0.05) is 40.9 Å². The molecule has 120 valence electrons. The zero-order valence-corrected chi connectivity index (χ0v) is 13.7. The third-order valence-electron chi connectivity index (χ3n) is 3.40. The first kappa shape index (κ1) is 17.3. The first-order valence-electron chi connectivity index (χ1n) is 6.65. The van der Waals surface area contributed by atoms with Gasteiger partial charge in [-0.2, -0.15) is 0 Å². The number of nitro groups is 1. The molecule has 1 aromatic rings. The first-order chi connectivity index (χ1) is 10.3. The normalized spacial score (nSPS) is 17.2. The number of alkyl halides is 3. The monoisotopic (exact) mass is 365 g/mol. The van der Waals surface area contributed by atoms with Crippen LogP contribution in [0.4, 0.5) is 5.69 Å². The minimum Gasteiger partial charge on any atom is -0.332 e. The Morgan fingerprint density at radius 3 is 2.50 bits per heavy atom. The lowest BCUT2D eigenvalue weighted by atomic mass is 10.2. The summed E-state index contributed by atoms with van der Waals surface area (Å²) in [5, 5.41) is 13.4. The molecule has 1 N–H and O–H groups in total. The molecule has 1 unspecified atom stereocenters. The predicted molar refractivity (Wildman–Crippen MR) is 85.4 cm³/mol. The number of halogens is 3. The van der Waals surface area contributed by atoms with Crippen LogP contribution in [0.25, 0.3) is 0 Å². The molecular formula is C13H14Cl3N3O3. The number of amides is 1. The van der Waals surface area contributed by atoms with Crippen molar-refractivity contribution in [3.05, 3.63) is 39.9 Å². The summed E-state index contributed by atoms with van der Waals surface area (Å²) in [4.78, 5) is 24.4. The molecule has 2 rings (SSSR count). The second-order valence-corrected chi connectivity index (χ2v) is 7.34. The van der Waals surface area contributed by atoms with Crippen LogP contribution in [0.1, 0.15) is 23.2 Å². The van der Waals surface area contributed by atoms with Crippen molar-refractivity contribution < 1.29 is 9.72 Å². The lowest BCUT2D eigenvalue weighted by Crippen LogP contribution is -2.54. The summed E-state index contributed by atoms with van der Waals surface area (Å²) in [6, 6.07) is 5.41. The largest absolute Gasteiger partial charge is 0.332 e. The Labute approximate surface area is 142 Å². The van der Waals surface area contributed by atoms with Crippen LogP contribution in [0.2, 0.25) is 0 Å². The van der Waals surface area contributed by atoms with Gasteiger partial charge in [0.25, 0.3) is 11.6 Å². The van der Waals surface area contributed by atoms with Crippen molar-refractivity contribution in [2.24, 2.45) is 0 Å². The van der Waals surface area contributed by atoms with Crippen LogP contribution in [-0.4, -0.2) is 38.8 Å². The number of rotatable bonds is 4. The fourth-order valence-electron chi connectivity index (χ4n) is 2.35. The van der Waals surface area contributed by atoms with Crippen molar-refractivity contribution in [3.63, 3.8) is 0 Å². The Morgan fingerprint density at radius 2 is 1.95 bits per heavy atom. The Bertz CT molecular complexity index is 571. The fourth-order valence-corrected chi connectivity index (χ4v) is 2.93. The van der Waals surface area contributed by atoms with Gasteiger partial charge < -0.3 is 5.32 Å². The van der Waals surface area contributed by atoms with Crippen molar-refractivity contribution in [1.29, 1.82) is 0 Å². The number of nitro benzene ring substituents is 1. The number of hydrogen-bond donors (Lipinski definition) is 1. The molecule has 0 saturated carbocycles. The van der Waals surface area contributed by atoms with Crippen LogP contribution in [0, 0.1) is 10.1 Å². The first-order valence-corrected chi connectivity index (χ1v) is 7.78. The van der Waals surface area contributed by atoms with Crippen LogP contribution in [0.5, 0.6) is 0 Å². The highest BCUT2D eigenvalue weighted by Crippen LogP contribution is 2.33. The highest BCUT2D eigenvalue weighted by molar-refractivity contribution is 6.68. The van der Waals surface area contributed by atoms with E-state index in [0.29, 0.717) is 13.1 Å². The van der Waals surface area contributed by atoms with Crippen molar-refractivity contribution in [2.75, 3.05) is 13.1 Å². The van der Waals surface area contributed by atoms with E-state index < -0.39 is 20.8 Å². The number of nitrogens with zero attached hydrogens (tertiary/aromatic N) is 2. The standard InChI is InChI=1S/C13H14Cl3N3O3/c14-13(15,16)12(18-6-1-2-7-18)17-11(20)9-4-3-5-10(8-9)19(21)22/h3-5,8,12H,1-2,6-7H2,(H,17,20). The SMILES string of the molecule is O=C(NC(N1CCCC1)C(Cl)(Cl)Cl)c1cccc([N+](=O)[O-])c1. The summed E-state index contributed by atoms with van der Waals surface area (Å²) in [6.07, 6.45) is 1.14. The molecule has 1 aromatic carbocycles. The molecule has 1 saturated heterocycles. The average molecular weight is 367 g/mol. The van der Waals surface area contributed by atoms with E-state index in [4.69, 9.17) is 34.8 Å². The van der Waals surface area contributed by atoms with Crippen LogP contribution in [-0.2, 0) is 0 Å². The predicted octanol–water partition coefficient (Wildman–Crippen LogP) is 3.12. The van der Waals surface area contributed by atoms with E-state index >= 15 is 0 Å². The molecule has 22 heavy (non-hydrogen) atoms. The molecular weight excluding hydrogens is 353 g/mol. The van der Waals surface area contributed by atoms with Gasteiger partial charge in [0.2, 0.25) is 3.79 Å². The van der Waals surface area contributed by atoms with Gasteiger partial charge in [0.05, 0.1) is 4.92 Å². The molecule has 1 aliphatic rings. The molecule has 6 nitrogen and oxygen atoms in total. The number of carbonyl (C=O) groups is 1. The van der Waals surface area contributed by atoms with Crippen molar-refractivity contribution in [2.45, 2.75) is 22.8 Å². The zero-order chi connectivity index (χ0) is 16.3. The second kappa shape index (κ2) is 7.00. The number of hydrogen-bond acceptors (Lipinski definition) is 4. The van der Waals surface area contributed by atoms with Gasteiger partial charge in [0.15, 0.2) is 0 Å². The van der Waals surface area contributed by atoms with Gasteiger partial charge in [-0.3, -0.25) is 19.8 Å². The Balaban J connectivity index is 2.17. The summed E-state index contributed by atoms with van der Waals surface area (Å²) in [7, 11) is 0. The van der Waals surface area contributed by atoms with Crippen molar-refractivity contribution in [1.82, 2.24) is 10.2 Å². The second-order valence-electron chi connectivity index (χ2n) is 4.97. The van der Waals surface area contributed by atoms with E-state index in [2.05, 4.69) is 5.32 Å². The number of nitrogens with one attached hydrogen (secondary N) is 1. The van der Waals surface area contributed by atoms with E-state index in [1.54, 1.807) is 0 Å². The molecule has 1 fully saturated rings. The average Bonchev–Trinajstić information content (AvgIpc) is 2.97. The van der Waals surface area contributed by atoms with Gasteiger partial charge in [0, 0.05) is 30.8 Å². The quantitative estimate of drug-likeness (QED) is 0.505. The molecule has 0 aromatic heterocycles. The number of carbonyl (C=O) groups excluding carboxylic acids is 1. The fraction of sp³-hybridized carbons (Fsp3) is 0.462. The van der Waals surface area contributed by atoms with Gasteiger partial charge in [-0.05, 0) is 18.9 Å². The van der Waals surface area contributed by atoms with Crippen molar-refractivity contribution >= 4 is 46.4 Å². The van der Waals surface area contributed by atoms with E-state index in [0.717, 1.165) is 12.8 Å². The summed E-state index contributed by atoms with van der Waals surface area (Å²) < 4.78 is -1.69. The minimum atomic E-state index is -1.69. The summed E-state index contributed by atoms with van der Waals surface area (Å²) in [5.41, 5.74) is -0.0214. The summed E-state index contributed by atoms with van der Waals surface area (Å²) in [6.45, 7) is 1.43. The molecule has 9 heteroatoms. The maximum absolute atomic E-state index is 12.3. The minimum absolute atomic E-state index is 0.146. The highest BCUT2D eigenvalue weighted by atomic mass is 35.6. The molecule has 1 aliphatic heterocycles. The summed E-state index contributed by atoms with van der Waals surface area (Å²) in [5.74, 6) is -0.521. The van der Waals surface area contributed by atoms with Crippen LogP contribution in [0.15, 0.2) is 24.3 Å². The molecule has 1 amide bonds. The molecule has 0 spiro atoms. The van der Waals surface area contributed by atoms with E-state index in [1.807, 2.05) is 4.90 Å². The Morgan fingerprint density at radius 1 is 1.32 bits per heavy atom. The highest BCUT2D eigenvalue weighted by Gasteiger charge is 2.39. The van der Waals surface area contributed by atoms with Crippen LogP contribution >= 0.6 is 34.8 Å². The maximum Gasteiger partial charge on any atom is 0.270 e. The number of non-ortho nitro benzene ring substituents is 1. The van der Waals surface area contributed by atoms with Gasteiger partial charge in [-0.15, -0.1) is 0 Å². The van der Waals surface area contributed by atoms with Gasteiger partial charge >= 0.3 is 0 Å². The molecule has 0 aliphatic carbocycles. The van der Waals surface area contributed by atoms with E-state index in [-0.39, 0.29) is 11.3 Å². The van der Waals surface area contributed by atoms with Gasteiger partial charge in [-0.25, -0.2) is 0 Å².